The Balaban J connectivity index is 1.80. The second kappa shape index (κ2) is 4.32. The number of hydrogen-bond donors (Lipinski definition) is 1. The zero-order valence-electron chi connectivity index (χ0n) is 10.7. The molecule has 1 aromatic rings. The van der Waals surface area contributed by atoms with Crippen LogP contribution in [0.5, 0.6) is 0 Å². The number of carboxylic acid groups (broad SMARTS) is 1. The van der Waals surface area contributed by atoms with Crippen molar-refractivity contribution in [2.24, 2.45) is 0 Å². The molecule has 0 saturated heterocycles. The van der Waals surface area contributed by atoms with Crippen LogP contribution < -0.4 is 0 Å². The van der Waals surface area contributed by atoms with Crippen molar-refractivity contribution in [1.29, 1.82) is 0 Å². The Morgan fingerprint density at radius 3 is 2.58 bits per heavy atom. The second-order valence-electron chi connectivity index (χ2n) is 5.30. The first kappa shape index (κ1) is 12.1. The highest BCUT2D eigenvalue weighted by Gasteiger charge is 2.35. The summed E-state index contributed by atoms with van der Waals surface area (Å²) in [5.74, 6) is -0.914. The number of carbonyl (C=O) groups is 2. The Morgan fingerprint density at radius 1 is 1.37 bits per heavy atom. The number of amides is 1. The van der Waals surface area contributed by atoms with Crippen LogP contribution in [0.15, 0.2) is 0 Å². The van der Waals surface area contributed by atoms with E-state index in [1.165, 1.54) is 4.68 Å². The van der Waals surface area contributed by atoms with E-state index in [9.17, 15) is 9.59 Å². The molecule has 1 aromatic heterocycles. The number of aromatic nitrogens is 3. The summed E-state index contributed by atoms with van der Waals surface area (Å²) in [6.45, 7) is 0.0825. The molecule has 7 nitrogen and oxygen atoms in total. The molecule has 2 aliphatic rings. The normalized spacial score (nSPS) is 18.4. The van der Waals surface area contributed by atoms with E-state index in [1.807, 2.05) is 0 Å². The Kier molecular flexibility index (Phi) is 2.76. The van der Waals surface area contributed by atoms with Gasteiger partial charge in [-0.1, -0.05) is 5.21 Å². The van der Waals surface area contributed by atoms with Crippen LogP contribution in [-0.4, -0.2) is 50.0 Å². The maximum absolute atomic E-state index is 12.1. The summed E-state index contributed by atoms with van der Waals surface area (Å²) in [6, 6.07) is 0.347. The highest BCUT2D eigenvalue weighted by atomic mass is 16.4. The van der Waals surface area contributed by atoms with E-state index >= 15 is 0 Å². The van der Waals surface area contributed by atoms with Crippen LogP contribution in [0.4, 0.5) is 0 Å². The Morgan fingerprint density at radius 2 is 2.05 bits per heavy atom. The molecule has 2 fully saturated rings. The first-order chi connectivity index (χ1) is 9.08. The van der Waals surface area contributed by atoms with Gasteiger partial charge < -0.3 is 10.0 Å². The van der Waals surface area contributed by atoms with Crippen molar-refractivity contribution in [1.82, 2.24) is 19.9 Å². The van der Waals surface area contributed by atoms with Gasteiger partial charge in [-0.3, -0.25) is 4.79 Å². The van der Waals surface area contributed by atoms with Gasteiger partial charge >= 0.3 is 5.97 Å². The second-order valence-corrected chi connectivity index (χ2v) is 5.30. The molecule has 3 rings (SSSR count). The lowest BCUT2D eigenvalue weighted by Crippen LogP contribution is -2.32. The minimum absolute atomic E-state index is 0.00984. The van der Waals surface area contributed by atoms with Gasteiger partial charge in [-0.15, -0.1) is 5.10 Å². The van der Waals surface area contributed by atoms with E-state index in [2.05, 4.69) is 10.3 Å². The SMILES string of the molecule is CN(C(=O)Cn1nnc(C(=O)O)c1C1CC1)C1CC1. The van der Waals surface area contributed by atoms with Crippen LogP contribution in [0, 0.1) is 0 Å². The Hall–Kier alpha value is -1.92. The Bertz CT molecular complexity index is 531. The molecule has 0 atom stereocenters. The Labute approximate surface area is 110 Å². The first-order valence-electron chi connectivity index (χ1n) is 6.50. The molecule has 0 spiro atoms. The van der Waals surface area contributed by atoms with Crippen LogP contribution >= 0.6 is 0 Å². The predicted molar refractivity (Wildman–Crippen MR) is 64.7 cm³/mol. The summed E-state index contributed by atoms with van der Waals surface area (Å²) in [5.41, 5.74) is 0.592. The molecule has 102 valence electrons. The van der Waals surface area contributed by atoms with E-state index in [4.69, 9.17) is 5.11 Å². The summed E-state index contributed by atoms with van der Waals surface area (Å²) < 4.78 is 1.46. The number of carbonyl (C=O) groups excluding carboxylic acids is 1. The average molecular weight is 264 g/mol. The van der Waals surface area contributed by atoms with Crippen molar-refractivity contribution in [3.63, 3.8) is 0 Å². The van der Waals surface area contributed by atoms with E-state index in [-0.39, 0.29) is 24.1 Å². The number of carboxylic acids is 1. The van der Waals surface area contributed by atoms with Gasteiger partial charge in [-0.25, -0.2) is 9.48 Å². The minimum Gasteiger partial charge on any atom is -0.476 e. The van der Waals surface area contributed by atoms with E-state index in [0.29, 0.717) is 11.7 Å². The molecule has 1 N–H and O–H groups in total. The van der Waals surface area contributed by atoms with Crippen molar-refractivity contribution in [3.05, 3.63) is 11.4 Å². The fourth-order valence-electron chi connectivity index (χ4n) is 2.26. The third-order valence-electron chi connectivity index (χ3n) is 3.71. The maximum Gasteiger partial charge on any atom is 0.358 e. The molecular weight excluding hydrogens is 248 g/mol. The lowest BCUT2D eigenvalue weighted by atomic mass is 10.2. The van der Waals surface area contributed by atoms with Crippen LogP contribution in [0.1, 0.15) is 47.8 Å². The number of nitrogens with zero attached hydrogens (tertiary/aromatic N) is 4. The van der Waals surface area contributed by atoms with Crippen LogP contribution in [0.3, 0.4) is 0 Å². The van der Waals surface area contributed by atoms with E-state index in [1.54, 1.807) is 11.9 Å². The summed E-state index contributed by atoms with van der Waals surface area (Å²) in [4.78, 5) is 24.9. The molecule has 0 unspecified atom stereocenters. The van der Waals surface area contributed by atoms with Crippen molar-refractivity contribution in [2.75, 3.05) is 7.05 Å². The summed E-state index contributed by atoms with van der Waals surface area (Å²) in [6.07, 6.45) is 3.99. The quantitative estimate of drug-likeness (QED) is 0.835. The smallest absolute Gasteiger partial charge is 0.358 e. The topological polar surface area (TPSA) is 88.3 Å². The molecule has 2 saturated carbocycles. The van der Waals surface area contributed by atoms with Gasteiger partial charge in [0, 0.05) is 19.0 Å². The van der Waals surface area contributed by atoms with Gasteiger partial charge in [0.25, 0.3) is 0 Å². The van der Waals surface area contributed by atoms with Gasteiger partial charge in [-0.05, 0) is 25.7 Å². The van der Waals surface area contributed by atoms with E-state index in [0.717, 1.165) is 25.7 Å². The monoisotopic (exact) mass is 264 g/mol. The standard InChI is InChI=1S/C12H16N4O3/c1-15(8-4-5-8)9(17)6-16-11(7-2-3-7)10(12(18)19)13-14-16/h7-8H,2-6H2,1H3,(H,18,19). The highest BCUT2D eigenvalue weighted by molar-refractivity contribution is 5.87. The van der Waals surface area contributed by atoms with Gasteiger partial charge in [0.2, 0.25) is 5.91 Å². The molecule has 0 bridgehead atoms. The van der Waals surface area contributed by atoms with Gasteiger partial charge in [0.05, 0.1) is 5.69 Å². The lowest BCUT2D eigenvalue weighted by Gasteiger charge is -2.16. The third-order valence-corrected chi connectivity index (χ3v) is 3.71. The third kappa shape index (κ3) is 2.32. The van der Waals surface area contributed by atoms with Crippen LogP contribution in [0.2, 0.25) is 0 Å². The molecule has 0 radical (unpaired) electrons. The zero-order chi connectivity index (χ0) is 13.6. The van der Waals surface area contributed by atoms with Gasteiger partial charge in [0.1, 0.15) is 6.54 Å². The summed E-state index contributed by atoms with van der Waals surface area (Å²) in [5, 5.41) is 16.6. The van der Waals surface area contributed by atoms with Crippen molar-refractivity contribution < 1.29 is 14.7 Å². The van der Waals surface area contributed by atoms with Crippen LogP contribution in [0.25, 0.3) is 0 Å². The molecule has 1 amide bonds. The summed E-state index contributed by atoms with van der Waals surface area (Å²) in [7, 11) is 1.78. The molecule has 0 aromatic carbocycles. The average Bonchev–Trinajstić information content (AvgIpc) is 3.26. The lowest BCUT2D eigenvalue weighted by molar-refractivity contribution is -0.131. The van der Waals surface area contributed by atoms with E-state index < -0.39 is 5.97 Å². The number of hydrogen-bond acceptors (Lipinski definition) is 4. The fourth-order valence-corrected chi connectivity index (χ4v) is 2.26. The maximum atomic E-state index is 12.1. The first-order valence-corrected chi connectivity index (χ1v) is 6.50. The fraction of sp³-hybridized carbons (Fsp3) is 0.667. The van der Waals surface area contributed by atoms with Gasteiger partial charge in [-0.2, -0.15) is 0 Å². The molecule has 1 heterocycles. The molecule has 7 heteroatoms. The molecule has 19 heavy (non-hydrogen) atoms. The molecule has 2 aliphatic carbocycles. The highest BCUT2D eigenvalue weighted by Crippen LogP contribution is 2.41. The minimum atomic E-state index is -1.07. The molecule has 0 aliphatic heterocycles. The van der Waals surface area contributed by atoms with Gasteiger partial charge in [0.15, 0.2) is 5.69 Å². The molecular formula is C12H16N4O3. The van der Waals surface area contributed by atoms with Crippen LogP contribution in [-0.2, 0) is 11.3 Å². The number of rotatable bonds is 5. The zero-order valence-corrected chi connectivity index (χ0v) is 10.7. The van der Waals surface area contributed by atoms with Crippen molar-refractivity contribution >= 4 is 11.9 Å². The van der Waals surface area contributed by atoms with Crippen molar-refractivity contribution in [3.8, 4) is 0 Å². The predicted octanol–water partition coefficient (Wildman–Crippen LogP) is 0.474. The van der Waals surface area contributed by atoms with Crippen molar-refractivity contribution in [2.45, 2.75) is 44.2 Å². The largest absolute Gasteiger partial charge is 0.476 e. The summed E-state index contributed by atoms with van der Waals surface area (Å²) >= 11 is 0. The number of aromatic carboxylic acids is 1. The number of likely N-dealkylation sites (N-methyl/N-ethyl adjacent to an activating group) is 1.